The number of carboxylic acids is 1. The number of aliphatic carboxylic acids is 1. The van der Waals surface area contributed by atoms with E-state index in [0.717, 1.165) is 6.42 Å². The zero-order valence-electron chi connectivity index (χ0n) is 11.0. The molecule has 0 aromatic heterocycles. The summed E-state index contributed by atoms with van der Waals surface area (Å²) in [7, 11) is 1.63. The Hall–Kier alpha value is -1.14. The highest BCUT2D eigenvalue weighted by Crippen LogP contribution is 2.23. The van der Waals surface area contributed by atoms with Gasteiger partial charge in [-0.15, -0.1) is 0 Å². The highest BCUT2D eigenvalue weighted by atomic mass is 16.5. The van der Waals surface area contributed by atoms with Gasteiger partial charge in [0.15, 0.2) is 0 Å². The summed E-state index contributed by atoms with van der Waals surface area (Å²) >= 11 is 0. The molecule has 6 heteroatoms. The van der Waals surface area contributed by atoms with Gasteiger partial charge in [-0.25, -0.2) is 0 Å². The van der Waals surface area contributed by atoms with Crippen LogP contribution in [0.2, 0.25) is 0 Å². The van der Waals surface area contributed by atoms with Gasteiger partial charge in [-0.3, -0.25) is 14.5 Å². The highest BCUT2D eigenvalue weighted by molar-refractivity contribution is 5.78. The van der Waals surface area contributed by atoms with Crippen LogP contribution in [0.5, 0.6) is 0 Å². The molecule has 2 N–H and O–H groups in total. The van der Waals surface area contributed by atoms with Gasteiger partial charge in [0.2, 0.25) is 5.91 Å². The van der Waals surface area contributed by atoms with Crippen LogP contribution in [0.15, 0.2) is 0 Å². The Morgan fingerprint density at radius 3 is 2.72 bits per heavy atom. The summed E-state index contributed by atoms with van der Waals surface area (Å²) in [5.74, 6) is -0.925. The summed E-state index contributed by atoms with van der Waals surface area (Å²) in [6.07, 6.45) is 0.806. The van der Waals surface area contributed by atoms with E-state index >= 15 is 0 Å². The standard InChI is InChI=1S/C12H22N2O4/c1-9(12(16)17)10-6-14(7-10)8-11(15)13-4-3-5-18-2/h9-10H,3-8H2,1-2H3,(H,13,15)(H,16,17). The fraction of sp³-hybridized carbons (Fsp3) is 0.833. The van der Waals surface area contributed by atoms with Crippen molar-refractivity contribution in [1.82, 2.24) is 10.2 Å². The molecule has 104 valence electrons. The summed E-state index contributed by atoms with van der Waals surface area (Å²) in [4.78, 5) is 24.2. The first-order chi connectivity index (χ1) is 8.54. The van der Waals surface area contributed by atoms with Gasteiger partial charge < -0.3 is 15.2 Å². The maximum atomic E-state index is 11.5. The molecule has 0 saturated carbocycles. The van der Waals surface area contributed by atoms with E-state index in [-0.39, 0.29) is 17.7 Å². The molecule has 1 unspecified atom stereocenters. The number of amides is 1. The summed E-state index contributed by atoms with van der Waals surface area (Å²) in [5.41, 5.74) is 0. The van der Waals surface area contributed by atoms with E-state index in [2.05, 4.69) is 5.32 Å². The van der Waals surface area contributed by atoms with Crippen molar-refractivity contribution in [2.24, 2.45) is 11.8 Å². The summed E-state index contributed by atoms with van der Waals surface area (Å²) in [5, 5.41) is 11.6. The van der Waals surface area contributed by atoms with Crippen LogP contribution >= 0.6 is 0 Å². The fourth-order valence-electron chi connectivity index (χ4n) is 1.96. The molecule has 0 radical (unpaired) electrons. The molecule has 1 aliphatic rings. The molecular weight excluding hydrogens is 236 g/mol. The van der Waals surface area contributed by atoms with E-state index in [1.165, 1.54) is 0 Å². The van der Waals surface area contributed by atoms with Crippen molar-refractivity contribution in [2.45, 2.75) is 13.3 Å². The largest absolute Gasteiger partial charge is 0.481 e. The van der Waals surface area contributed by atoms with E-state index in [4.69, 9.17) is 9.84 Å². The monoisotopic (exact) mass is 258 g/mol. The van der Waals surface area contributed by atoms with Crippen molar-refractivity contribution in [3.8, 4) is 0 Å². The number of likely N-dealkylation sites (tertiary alicyclic amines) is 1. The molecule has 0 aromatic carbocycles. The lowest BCUT2D eigenvalue weighted by molar-refractivity contribution is -0.145. The molecule has 1 aliphatic heterocycles. The van der Waals surface area contributed by atoms with E-state index in [1.54, 1.807) is 14.0 Å². The molecule has 0 aromatic rings. The van der Waals surface area contributed by atoms with Crippen LogP contribution in [0.4, 0.5) is 0 Å². The van der Waals surface area contributed by atoms with E-state index < -0.39 is 5.97 Å². The molecular formula is C12H22N2O4. The van der Waals surface area contributed by atoms with Gasteiger partial charge in [-0.05, 0) is 12.3 Å². The molecule has 6 nitrogen and oxygen atoms in total. The number of carbonyl (C=O) groups is 2. The first-order valence-electron chi connectivity index (χ1n) is 6.25. The minimum Gasteiger partial charge on any atom is -0.481 e. The van der Waals surface area contributed by atoms with Crippen LogP contribution in [0.3, 0.4) is 0 Å². The van der Waals surface area contributed by atoms with Crippen molar-refractivity contribution in [2.75, 3.05) is 39.9 Å². The SMILES string of the molecule is COCCCNC(=O)CN1CC(C(C)C(=O)O)C1. The summed E-state index contributed by atoms with van der Waals surface area (Å²) in [6, 6.07) is 0. The number of ether oxygens (including phenoxy) is 1. The molecule has 0 spiro atoms. The van der Waals surface area contributed by atoms with Gasteiger partial charge in [0.25, 0.3) is 0 Å². The summed E-state index contributed by atoms with van der Waals surface area (Å²) in [6.45, 7) is 4.72. The molecule has 0 bridgehead atoms. The summed E-state index contributed by atoms with van der Waals surface area (Å²) < 4.78 is 4.88. The normalized spacial score (nSPS) is 18.1. The lowest BCUT2D eigenvalue weighted by Gasteiger charge is -2.40. The Bertz CT molecular complexity index is 290. The third-order valence-corrected chi connectivity index (χ3v) is 3.30. The lowest BCUT2D eigenvalue weighted by atomic mass is 9.87. The second-order valence-electron chi connectivity index (χ2n) is 4.78. The molecule has 1 heterocycles. The first kappa shape index (κ1) is 14.9. The Balaban J connectivity index is 2.08. The molecule has 1 rings (SSSR count). The predicted molar refractivity (Wildman–Crippen MR) is 66.2 cm³/mol. The van der Waals surface area contributed by atoms with Gasteiger partial charge in [0.1, 0.15) is 0 Å². The average Bonchev–Trinajstić information content (AvgIpc) is 2.28. The topological polar surface area (TPSA) is 78.9 Å². The highest BCUT2D eigenvalue weighted by Gasteiger charge is 2.35. The van der Waals surface area contributed by atoms with Gasteiger partial charge >= 0.3 is 5.97 Å². The van der Waals surface area contributed by atoms with Crippen LogP contribution in [0, 0.1) is 11.8 Å². The van der Waals surface area contributed by atoms with Crippen molar-refractivity contribution in [1.29, 1.82) is 0 Å². The lowest BCUT2D eigenvalue weighted by Crippen LogP contribution is -2.53. The second kappa shape index (κ2) is 7.33. The zero-order valence-corrected chi connectivity index (χ0v) is 11.0. The number of nitrogens with one attached hydrogen (secondary N) is 1. The van der Waals surface area contributed by atoms with Crippen molar-refractivity contribution in [3.63, 3.8) is 0 Å². The van der Waals surface area contributed by atoms with Gasteiger partial charge in [0.05, 0.1) is 12.5 Å². The van der Waals surface area contributed by atoms with E-state index in [9.17, 15) is 9.59 Å². The quantitative estimate of drug-likeness (QED) is 0.589. The minimum atomic E-state index is -0.760. The molecule has 1 amide bonds. The Morgan fingerprint density at radius 1 is 1.50 bits per heavy atom. The number of hydrogen-bond acceptors (Lipinski definition) is 4. The number of carbonyl (C=O) groups excluding carboxylic acids is 1. The Morgan fingerprint density at radius 2 is 2.17 bits per heavy atom. The van der Waals surface area contributed by atoms with Crippen molar-refractivity contribution >= 4 is 11.9 Å². The minimum absolute atomic E-state index is 0.00692. The molecule has 1 fully saturated rings. The van der Waals surface area contributed by atoms with Crippen LogP contribution in [0.25, 0.3) is 0 Å². The van der Waals surface area contributed by atoms with Crippen LogP contribution in [-0.4, -0.2) is 61.8 Å². The smallest absolute Gasteiger partial charge is 0.306 e. The number of hydrogen-bond donors (Lipinski definition) is 2. The van der Waals surface area contributed by atoms with E-state index in [1.807, 2.05) is 4.90 Å². The molecule has 18 heavy (non-hydrogen) atoms. The molecule has 1 saturated heterocycles. The number of carboxylic acid groups (broad SMARTS) is 1. The molecule has 0 aliphatic carbocycles. The van der Waals surface area contributed by atoms with Gasteiger partial charge in [-0.2, -0.15) is 0 Å². The van der Waals surface area contributed by atoms with Crippen LogP contribution < -0.4 is 5.32 Å². The van der Waals surface area contributed by atoms with Crippen LogP contribution in [0.1, 0.15) is 13.3 Å². The maximum absolute atomic E-state index is 11.5. The van der Waals surface area contributed by atoms with Crippen LogP contribution in [-0.2, 0) is 14.3 Å². The number of rotatable bonds is 8. The second-order valence-corrected chi connectivity index (χ2v) is 4.78. The van der Waals surface area contributed by atoms with Gasteiger partial charge in [-0.1, -0.05) is 6.92 Å². The third kappa shape index (κ3) is 4.62. The Labute approximate surface area is 107 Å². The van der Waals surface area contributed by atoms with Gasteiger partial charge in [0, 0.05) is 33.4 Å². The Kier molecular flexibility index (Phi) is 6.07. The molecule has 1 atom stereocenters. The third-order valence-electron chi connectivity index (χ3n) is 3.30. The fourth-order valence-corrected chi connectivity index (χ4v) is 1.96. The first-order valence-corrected chi connectivity index (χ1v) is 6.25. The predicted octanol–water partition coefficient (Wildman–Crippen LogP) is -0.208. The number of methoxy groups -OCH3 is 1. The maximum Gasteiger partial charge on any atom is 0.306 e. The van der Waals surface area contributed by atoms with Crippen molar-refractivity contribution in [3.05, 3.63) is 0 Å². The van der Waals surface area contributed by atoms with Crippen molar-refractivity contribution < 1.29 is 19.4 Å². The van der Waals surface area contributed by atoms with E-state index in [0.29, 0.717) is 32.8 Å². The average molecular weight is 258 g/mol. The number of nitrogens with zero attached hydrogens (tertiary/aromatic N) is 1. The zero-order chi connectivity index (χ0) is 13.5.